The molecule has 0 amide bonds. The summed E-state index contributed by atoms with van der Waals surface area (Å²) < 4.78 is 5.10. The highest BCUT2D eigenvalue weighted by atomic mass is 16.5. The second-order valence-corrected chi connectivity index (χ2v) is 5.16. The topological polar surface area (TPSA) is 59.9 Å². The molecule has 21 heavy (non-hydrogen) atoms. The van der Waals surface area contributed by atoms with Crippen LogP contribution in [0, 0.1) is 0 Å². The van der Waals surface area contributed by atoms with Crippen LogP contribution < -0.4 is 10.1 Å². The van der Waals surface area contributed by atoms with E-state index in [4.69, 9.17) is 4.74 Å². The van der Waals surface area contributed by atoms with Gasteiger partial charge in [-0.15, -0.1) is 0 Å². The second-order valence-electron chi connectivity index (χ2n) is 5.16. The zero-order chi connectivity index (χ0) is 15.2. The van der Waals surface area contributed by atoms with E-state index in [-0.39, 0.29) is 0 Å². The molecule has 2 heterocycles. The summed E-state index contributed by atoms with van der Waals surface area (Å²) in [5, 5.41) is 3.38. The van der Waals surface area contributed by atoms with Crippen molar-refractivity contribution in [3.63, 3.8) is 0 Å². The molecule has 2 rings (SSSR count). The highest BCUT2D eigenvalue weighted by Crippen LogP contribution is 2.31. The van der Waals surface area contributed by atoms with Gasteiger partial charge in [-0.2, -0.15) is 0 Å². The van der Waals surface area contributed by atoms with Gasteiger partial charge in [0.1, 0.15) is 12.1 Å². The van der Waals surface area contributed by atoms with Gasteiger partial charge in [-0.05, 0) is 18.4 Å². The molecule has 0 aliphatic carbocycles. The monoisotopic (exact) mass is 286 g/mol. The minimum Gasteiger partial charge on any atom is -0.481 e. The molecule has 5 heteroatoms. The van der Waals surface area contributed by atoms with Crippen molar-refractivity contribution in [1.29, 1.82) is 0 Å². The zero-order valence-electron chi connectivity index (χ0n) is 13.1. The van der Waals surface area contributed by atoms with Crippen LogP contribution in [0.15, 0.2) is 24.7 Å². The number of aromatic nitrogens is 3. The number of pyridine rings is 1. The Morgan fingerprint density at radius 2 is 2.00 bits per heavy atom. The predicted octanol–water partition coefficient (Wildman–Crippen LogP) is 3.49. The number of hydrogen-bond donors (Lipinski definition) is 1. The van der Waals surface area contributed by atoms with Crippen LogP contribution in [0.5, 0.6) is 5.88 Å². The number of nitrogens with zero attached hydrogens (tertiary/aromatic N) is 3. The van der Waals surface area contributed by atoms with Gasteiger partial charge < -0.3 is 10.1 Å². The summed E-state index contributed by atoms with van der Waals surface area (Å²) in [7, 11) is 1.61. The molecular formula is C16H22N4O. The summed E-state index contributed by atoms with van der Waals surface area (Å²) in [6.07, 6.45) is 4.45. The van der Waals surface area contributed by atoms with E-state index >= 15 is 0 Å². The molecule has 2 aromatic rings. The first-order valence-corrected chi connectivity index (χ1v) is 7.26. The summed E-state index contributed by atoms with van der Waals surface area (Å²) in [5.74, 6) is 1.83. The third-order valence-corrected chi connectivity index (χ3v) is 3.22. The maximum atomic E-state index is 5.10. The van der Waals surface area contributed by atoms with E-state index < -0.39 is 0 Å². The summed E-state index contributed by atoms with van der Waals surface area (Å²) in [4.78, 5) is 13.1. The SMILES string of the molecule is CCCNc1ncnc(-c2ccc(OC)nc2)c1C(C)C. The lowest BCUT2D eigenvalue weighted by Gasteiger charge is -2.17. The normalized spacial score (nSPS) is 10.7. The number of anilines is 1. The van der Waals surface area contributed by atoms with E-state index in [1.165, 1.54) is 0 Å². The summed E-state index contributed by atoms with van der Waals surface area (Å²) in [6, 6.07) is 3.82. The average molecular weight is 286 g/mol. The van der Waals surface area contributed by atoms with Crippen LogP contribution in [0.2, 0.25) is 0 Å². The van der Waals surface area contributed by atoms with Crippen molar-refractivity contribution in [2.24, 2.45) is 0 Å². The lowest BCUT2D eigenvalue weighted by Crippen LogP contribution is -2.09. The molecule has 0 fully saturated rings. The average Bonchev–Trinajstić information content (AvgIpc) is 2.52. The standard InChI is InChI=1S/C16H22N4O/c1-5-8-17-16-14(11(2)3)15(19-10-20-16)12-6-7-13(21-4)18-9-12/h6-7,9-11H,5,8H2,1-4H3,(H,17,19,20). The number of nitrogens with one attached hydrogen (secondary N) is 1. The maximum Gasteiger partial charge on any atom is 0.212 e. The number of methoxy groups -OCH3 is 1. The Morgan fingerprint density at radius 3 is 2.57 bits per heavy atom. The van der Waals surface area contributed by atoms with Gasteiger partial charge in [0.15, 0.2) is 0 Å². The molecule has 0 radical (unpaired) electrons. The first-order valence-electron chi connectivity index (χ1n) is 7.26. The van der Waals surface area contributed by atoms with Crippen molar-refractivity contribution in [3.05, 3.63) is 30.2 Å². The molecule has 0 atom stereocenters. The van der Waals surface area contributed by atoms with Gasteiger partial charge in [0, 0.05) is 29.9 Å². The number of ether oxygens (including phenoxy) is 1. The molecule has 0 saturated heterocycles. The van der Waals surface area contributed by atoms with Crippen molar-refractivity contribution in [3.8, 4) is 17.1 Å². The van der Waals surface area contributed by atoms with E-state index in [1.54, 1.807) is 19.6 Å². The van der Waals surface area contributed by atoms with Crippen molar-refractivity contribution < 1.29 is 4.74 Å². The van der Waals surface area contributed by atoms with Crippen LogP contribution in [-0.4, -0.2) is 28.6 Å². The maximum absolute atomic E-state index is 5.10. The number of hydrogen-bond acceptors (Lipinski definition) is 5. The van der Waals surface area contributed by atoms with Crippen molar-refractivity contribution >= 4 is 5.82 Å². The predicted molar refractivity (Wildman–Crippen MR) is 84.7 cm³/mol. The summed E-state index contributed by atoms with van der Waals surface area (Å²) >= 11 is 0. The van der Waals surface area contributed by atoms with Crippen LogP contribution in [-0.2, 0) is 0 Å². The summed E-state index contributed by atoms with van der Waals surface area (Å²) in [6.45, 7) is 7.33. The molecule has 0 aromatic carbocycles. The molecule has 5 nitrogen and oxygen atoms in total. The van der Waals surface area contributed by atoms with Gasteiger partial charge in [-0.3, -0.25) is 0 Å². The quantitative estimate of drug-likeness (QED) is 0.880. The Morgan fingerprint density at radius 1 is 1.19 bits per heavy atom. The van der Waals surface area contributed by atoms with Crippen molar-refractivity contribution in [1.82, 2.24) is 15.0 Å². The Labute approximate surface area is 125 Å². The highest BCUT2D eigenvalue weighted by molar-refractivity contribution is 5.68. The summed E-state index contributed by atoms with van der Waals surface area (Å²) in [5.41, 5.74) is 3.02. The highest BCUT2D eigenvalue weighted by Gasteiger charge is 2.16. The Balaban J connectivity index is 2.45. The molecule has 0 unspecified atom stereocenters. The fourth-order valence-electron chi connectivity index (χ4n) is 2.20. The minimum atomic E-state index is 0.322. The molecule has 0 bridgehead atoms. The van der Waals surface area contributed by atoms with E-state index in [0.29, 0.717) is 11.8 Å². The van der Waals surface area contributed by atoms with E-state index in [9.17, 15) is 0 Å². The first kappa shape index (κ1) is 15.2. The molecule has 1 N–H and O–H groups in total. The fourth-order valence-corrected chi connectivity index (χ4v) is 2.20. The van der Waals surface area contributed by atoms with Crippen LogP contribution in [0.25, 0.3) is 11.3 Å². The molecular weight excluding hydrogens is 264 g/mol. The smallest absolute Gasteiger partial charge is 0.212 e. The lowest BCUT2D eigenvalue weighted by atomic mass is 9.98. The van der Waals surface area contributed by atoms with E-state index in [2.05, 4.69) is 41.0 Å². The number of rotatable bonds is 6. The molecule has 0 spiro atoms. The second kappa shape index (κ2) is 7.02. The minimum absolute atomic E-state index is 0.322. The molecule has 0 aliphatic heterocycles. The van der Waals surface area contributed by atoms with Gasteiger partial charge in [-0.25, -0.2) is 15.0 Å². The van der Waals surface area contributed by atoms with Crippen LogP contribution in [0.4, 0.5) is 5.82 Å². The van der Waals surface area contributed by atoms with Crippen molar-refractivity contribution in [2.75, 3.05) is 19.0 Å². The molecule has 112 valence electrons. The molecule has 0 aliphatic rings. The van der Waals surface area contributed by atoms with Gasteiger partial charge in [0.25, 0.3) is 0 Å². The molecule has 0 saturated carbocycles. The Hall–Kier alpha value is -2.17. The van der Waals surface area contributed by atoms with Gasteiger partial charge in [-0.1, -0.05) is 20.8 Å². The Bertz CT molecular complexity index is 581. The van der Waals surface area contributed by atoms with Gasteiger partial charge >= 0.3 is 0 Å². The van der Waals surface area contributed by atoms with E-state index in [1.807, 2.05) is 12.1 Å². The molecule has 2 aromatic heterocycles. The fraction of sp³-hybridized carbons (Fsp3) is 0.438. The van der Waals surface area contributed by atoms with Crippen LogP contribution in [0.1, 0.15) is 38.7 Å². The first-order chi connectivity index (χ1) is 10.2. The van der Waals surface area contributed by atoms with Crippen molar-refractivity contribution in [2.45, 2.75) is 33.1 Å². The third kappa shape index (κ3) is 3.48. The van der Waals surface area contributed by atoms with Crippen LogP contribution in [0.3, 0.4) is 0 Å². The van der Waals surface area contributed by atoms with Gasteiger partial charge in [0.2, 0.25) is 5.88 Å². The van der Waals surface area contributed by atoms with Crippen LogP contribution >= 0.6 is 0 Å². The van der Waals surface area contributed by atoms with E-state index in [0.717, 1.165) is 35.6 Å². The Kier molecular flexibility index (Phi) is 5.09. The third-order valence-electron chi connectivity index (χ3n) is 3.22. The lowest BCUT2D eigenvalue weighted by molar-refractivity contribution is 0.398. The van der Waals surface area contributed by atoms with Gasteiger partial charge in [0.05, 0.1) is 12.8 Å². The zero-order valence-corrected chi connectivity index (χ0v) is 13.1. The largest absolute Gasteiger partial charge is 0.481 e.